The van der Waals surface area contributed by atoms with E-state index >= 15 is 0 Å². The van der Waals surface area contributed by atoms with Gasteiger partial charge in [0.1, 0.15) is 17.3 Å². The van der Waals surface area contributed by atoms with Crippen LogP contribution in [0.5, 0.6) is 11.5 Å². The number of hydrazone groups is 1. The Morgan fingerprint density at radius 2 is 1.63 bits per heavy atom. The van der Waals surface area contributed by atoms with Gasteiger partial charge in [-0.2, -0.15) is 5.10 Å². The molecule has 3 rings (SSSR count). The van der Waals surface area contributed by atoms with Crippen LogP contribution in [-0.2, 0) is 4.79 Å². The first kappa shape index (κ1) is 20.7. The molecule has 0 bridgehead atoms. The van der Waals surface area contributed by atoms with E-state index in [2.05, 4.69) is 10.5 Å². The van der Waals surface area contributed by atoms with Gasteiger partial charge in [-0.15, -0.1) is 0 Å². The number of aryl methyl sites for hydroxylation is 1. The van der Waals surface area contributed by atoms with Gasteiger partial charge in [-0.05, 0) is 72.6 Å². The van der Waals surface area contributed by atoms with E-state index in [0.717, 1.165) is 5.56 Å². The summed E-state index contributed by atoms with van der Waals surface area (Å²) in [6, 6.07) is 19.2. The van der Waals surface area contributed by atoms with E-state index in [9.17, 15) is 14.0 Å². The lowest BCUT2D eigenvalue weighted by Gasteiger charge is -2.06. The molecule has 1 amide bonds. The van der Waals surface area contributed by atoms with E-state index in [1.165, 1.54) is 30.5 Å². The van der Waals surface area contributed by atoms with E-state index in [4.69, 9.17) is 9.47 Å². The van der Waals surface area contributed by atoms with Crippen LogP contribution >= 0.6 is 0 Å². The second-order valence-corrected chi connectivity index (χ2v) is 6.31. The van der Waals surface area contributed by atoms with Crippen LogP contribution in [0.2, 0.25) is 0 Å². The lowest BCUT2D eigenvalue weighted by Crippen LogP contribution is -2.24. The first-order valence-corrected chi connectivity index (χ1v) is 9.09. The van der Waals surface area contributed by atoms with E-state index in [0.29, 0.717) is 22.6 Å². The molecule has 6 nitrogen and oxygen atoms in total. The first-order valence-electron chi connectivity index (χ1n) is 9.09. The van der Waals surface area contributed by atoms with Crippen LogP contribution in [0.15, 0.2) is 77.9 Å². The quantitative estimate of drug-likeness (QED) is 0.280. The van der Waals surface area contributed by atoms with E-state index in [1.807, 2.05) is 19.1 Å². The van der Waals surface area contributed by atoms with Crippen molar-refractivity contribution >= 4 is 18.1 Å². The fraction of sp³-hybridized carbons (Fsp3) is 0.0870. The van der Waals surface area contributed by atoms with Crippen molar-refractivity contribution in [1.82, 2.24) is 5.43 Å². The molecule has 0 saturated carbocycles. The van der Waals surface area contributed by atoms with Gasteiger partial charge < -0.3 is 9.47 Å². The van der Waals surface area contributed by atoms with Crippen molar-refractivity contribution < 1.29 is 23.5 Å². The van der Waals surface area contributed by atoms with Crippen molar-refractivity contribution in [2.75, 3.05) is 6.61 Å². The summed E-state index contributed by atoms with van der Waals surface area (Å²) in [5, 5.41) is 3.85. The van der Waals surface area contributed by atoms with Crippen LogP contribution in [0.1, 0.15) is 21.5 Å². The second-order valence-electron chi connectivity index (χ2n) is 6.31. The molecule has 0 fully saturated rings. The molecule has 3 aromatic carbocycles. The Morgan fingerprint density at radius 3 is 2.33 bits per heavy atom. The lowest BCUT2D eigenvalue weighted by atomic mass is 10.1. The predicted molar refractivity (Wildman–Crippen MR) is 110 cm³/mol. The van der Waals surface area contributed by atoms with Crippen molar-refractivity contribution in [2.45, 2.75) is 6.92 Å². The number of carbonyl (C=O) groups is 2. The van der Waals surface area contributed by atoms with Crippen molar-refractivity contribution in [3.05, 3.63) is 95.3 Å². The number of esters is 1. The Bertz CT molecular complexity index is 1050. The number of benzene rings is 3. The van der Waals surface area contributed by atoms with Gasteiger partial charge in [0, 0.05) is 0 Å². The van der Waals surface area contributed by atoms with Crippen LogP contribution in [0.3, 0.4) is 0 Å². The van der Waals surface area contributed by atoms with Gasteiger partial charge in [0.25, 0.3) is 5.91 Å². The summed E-state index contributed by atoms with van der Waals surface area (Å²) in [7, 11) is 0. The van der Waals surface area contributed by atoms with Crippen LogP contribution in [0, 0.1) is 12.7 Å². The summed E-state index contributed by atoms with van der Waals surface area (Å²) >= 11 is 0. The molecule has 0 aromatic heterocycles. The van der Waals surface area contributed by atoms with Gasteiger partial charge in [0.15, 0.2) is 6.61 Å². The molecule has 1 N–H and O–H groups in total. The van der Waals surface area contributed by atoms with E-state index < -0.39 is 11.9 Å². The molecule has 0 aliphatic rings. The van der Waals surface area contributed by atoms with E-state index in [1.54, 1.807) is 36.4 Å². The molecule has 0 atom stereocenters. The summed E-state index contributed by atoms with van der Waals surface area (Å²) < 4.78 is 23.4. The van der Waals surface area contributed by atoms with Crippen molar-refractivity contribution in [2.24, 2.45) is 5.10 Å². The molecule has 7 heteroatoms. The fourth-order valence-electron chi connectivity index (χ4n) is 2.48. The molecule has 0 saturated heterocycles. The molecule has 30 heavy (non-hydrogen) atoms. The molecule has 3 aromatic rings. The maximum absolute atomic E-state index is 12.8. The highest BCUT2D eigenvalue weighted by Crippen LogP contribution is 2.15. The molecule has 0 heterocycles. The number of ether oxygens (including phenoxy) is 2. The third-order valence-electron chi connectivity index (χ3n) is 4.04. The molecule has 0 radical (unpaired) electrons. The highest BCUT2D eigenvalue weighted by molar-refractivity contribution is 5.92. The zero-order chi connectivity index (χ0) is 21.3. The van der Waals surface area contributed by atoms with Crippen LogP contribution < -0.4 is 14.9 Å². The maximum Gasteiger partial charge on any atom is 0.343 e. The Balaban J connectivity index is 1.47. The third-order valence-corrected chi connectivity index (χ3v) is 4.04. The largest absolute Gasteiger partial charge is 0.484 e. The monoisotopic (exact) mass is 406 g/mol. The van der Waals surface area contributed by atoms with Gasteiger partial charge in [-0.3, -0.25) is 4.79 Å². The molecular weight excluding hydrogens is 387 g/mol. The summed E-state index contributed by atoms with van der Waals surface area (Å²) in [6.45, 7) is 1.59. The molecule has 0 unspecified atom stereocenters. The number of nitrogens with zero attached hydrogens (tertiary/aromatic N) is 1. The number of hydrogen-bond donors (Lipinski definition) is 1. The Kier molecular flexibility index (Phi) is 6.89. The molecule has 152 valence electrons. The Hall–Kier alpha value is -4.00. The average Bonchev–Trinajstić information content (AvgIpc) is 2.75. The number of halogens is 1. The number of carbonyl (C=O) groups excluding carboxylic acids is 2. The highest BCUT2D eigenvalue weighted by atomic mass is 19.1. The van der Waals surface area contributed by atoms with Gasteiger partial charge in [-0.25, -0.2) is 14.6 Å². The van der Waals surface area contributed by atoms with Gasteiger partial charge in [-0.1, -0.05) is 18.2 Å². The smallest absolute Gasteiger partial charge is 0.343 e. The number of hydrogen-bond acceptors (Lipinski definition) is 5. The van der Waals surface area contributed by atoms with E-state index in [-0.39, 0.29) is 12.4 Å². The van der Waals surface area contributed by atoms with Crippen molar-refractivity contribution in [3.63, 3.8) is 0 Å². The molecular formula is C23H19FN2O4. The minimum atomic E-state index is -0.459. The van der Waals surface area contributed by atoms with Crippen molar-refractivity contribution in [3.8, 4) is 11.5 Å². The number of amides is 1. The second kappa shape index (κ2) is 9.97. The number of rotatable bonds is 7. The summed E-state index contributed by atoms with van der Waals surface area (Å²) in [5.74, 6) is -0.488. The predicted octanol–water partition coefficient (Wildman–Crippen LogP) is 3.88. The Morgan fingerprint density at radius 1 is 0.967 bits per heavy atom. The average molecular weight is 406 g/mol. The third kappa shape index (κ3) is 6.00. The molecule has 0 aliphatic carbocycles. The summed E-state index contributed by atoms with van der Waals surface area (Å²) in [5.41, 5.74) is 4.38. The fourth-order valence-corrected chi connectivity index (χ4v) is 2.48. The first-order chi connectivity index (χ1) is 14.5. The number of nitrogens with one attached hydrogen (secondary N) is 1. The SMILES string of the molecule is Cc1ccccc1C(=O)Oc1ccc(/C=N\NC(=O)COc2ccc(F)cc2)cc1. The van der Waals surface area contributed by atoms with Crippen LogP contribution in [-0.4, -0.2) is 24.7 Å². The highest BCUT2D eigenvalue weighted by Gasteiger charge is 2.10. The standard InChI is InChI=1S/C23H19FN2O4/c1-16-4-2-3-5-21(16)23(28)30-20-10-6-17(7-11-20)14-25-26-22(27)15-29-19-12-8-18(24)9-13-19/h2-14H,15H2,1H3,(H,26,27)/b25-14-. The Labute approximate surface area is 173 Å². The van der Waals surface area contributed by atoms with Gasteiger partial charge in [0.2, 0.25) is 0 Å². The zero-order valence-electron chi connectivity index (χ0n) is 16.2. The van der Waals surface area contributed by atoms with Gasteiger partial charge >= 0.3 is 5.97 Å². The minimum Gasteiger partial charge on any atom is -0.484 e. The maximum atomic E-state index is 12.8. The van der Waals surface area contributed by atoms with Crippen LogP contribution in [0.25, 0.3) is 0 Å². The lowest BCUT2D eigenvalue weighted by molar-refractivity contribution is -0.123. The normalized spacial score (nSPS) is 10.6. The minimum absolute atomic E-state index is 0.253. The summed E-state index contributed by atoms with van der Waals surface area (Å²) in [6.07, 6.45) is 1.45. The topological polar surface area (TPSA) is 77.0 Å². The molecule has 0 aliphatic heterocycles. The van der Waals surface area contributed by atoms with Crippen LogP contribution in [0.4, 0.5) is 4.39 Å². The van der Waals surface area contributed by atoms with Crippen molar-refractivity contribution in [1.29, 1.82) is 0 Å². The zero-order valence-corrected chi connectivity index (χ0v) is 16.2. The molecule has 0 spiro atoms. The summed E-state index contributed by atoms with van der Waals surface area (Å²) in [4.78, 5) is 24.0. The van der Waals surface area contributed by atoms with Gasteiger partial charge in [0.05, 0.1) is 11.8 Å².